The van der Waals surface area contributed by atoms with E-state index in [1.807, 2.05) is 19.1 Å². The summed E-state index contributed by atoms with van der Waals surface area (Å²) in [6.07, 6.45) is 1.68. The molecule has 1 fully saturated rings. The third-order valence-electron chi connectivity index (χ3n) is 3.55. The molecule has 0 radical (unpaired) electrons. The maximum absolute atomic E-state index is 12.2. The predicted molar refractivity (Wildman–Crippen MR) is 77.1 cm³/mol. The molecule has 1 saturated heterocycles. The topological polar surface area (TPSA) is 75.4 Å². The Bertz CT molecular complexity index is 505. The molecule has 0 saturated carbocycles. The largest absolute Gasteiger partial charge is 0.330 e. The van der Waals surface area contributed by atoms with Crippen molar-refractivity contribution in [2.75, 3.05) is 24.4 Å². The second kappa shape index (κ2) is 5.90. The van der Waals surface area contributed by atoms with Crippen molar-refractivity contribution >= 4 is 15.9 Å². The molecule has 5 nitrogen and oxygen atoms in total. The molecule has 0 aliphatic carbocycles. The number of aryl methyl sites for hydroxylation is 1. The predicted octanol–water partition coefficient (Wildman–Crippen LogP) is 1.32. The van der Waals surface area contributed by atoms with Crippen LogP contribution in [0.4, 0.5) is 5.69 Å². The van der Waals surface area contributed by atoms with Gasteiger partial charge in [-0.3, -0.25) is 4.72 Å². The van der Waals surface area contributed by atoms with Crippen LogP contribution in [0.3, 0.4) is 0 Å². The number of hydrogen-bond acceptors (Lipinski definition) is 3. The molecule has 0 unspecified atom stereocenters. The van der Waals surface area contributed by atoms with Gasteiger partial charge in [-0.25, -0.2) is 0 Å². The van der Waals surface area contributed by atoms with Crippen molar-refractivity contribution in [1.29, 1.82) is 0 Å². The molecule has 0 spiro atoms. The highest BCUT2D eigenvalue weighted by Crippen LogP contribution is 2.20. The smallest absolute Gasteiger partial charge is 0.301 e. The molecule has 1 aliphatic rings. The highest BCUT2D eigenvalue weighted by Gasteiger charge is 2.27. The fourth-order valence-corrected chi connectivity index (χ4v) is 3.47. The van der Waals surface area contributed by atoms with Crippen LogP contribution in [0, 0.1) is 12.8 Å². The Morgan fingerprint density at radius 1 is 1.26 bits per heavy atom. The molecule has 1 heterocycles. The van der Waals surface area contributed by atoms with Gasteiger partial charge in [0, 0.05) is 18.8 Å². The summed E-state index contributed by atoms with van der Waals surface area (Å²) < 4.78 is 28.6. The van der Waals surface area contributed by atoms with Crippen LogP contribution in [0.2, 0.25) is 0 Å². The quantitative estimate of drug-likeness (QED) is 0.875. The van der Waals surface area contributed by atoms with Gasteiger partial charge >= 0.3 is 10.2 Å². The highest BCUT2D eigenvalue weighted by atomic mass is 32.2. The second-order valence-electron chi connectivity index (χ2n) is 5.05. The van der Waals surface area contributed by atoms with Crippen molar-refractivity contribution in [1.82, 2.24) is 4.31 Å². The third kappa shape index (κ3) is 3.68. The summed E-state index contributed by atoms with van der Waals surface area (Å²) in [7, 11) is -3.44. The Morgan fingerprint density at radius 2 is 1.84 bits per heavy atom. The monoisotopic (exact) mass is 283 g/mol. The average molecular weight is 283 g/mol. The molecule has 1 aliphatic heterocycles. The number of nitrogens with zero attached hydrogens (tertiary/aromatic N) is 1. The van der Waals surface area contributed by atoms with Crippen molar-refractivity contribution in [3.8, 4) is 0 Å². The van der Waals surface area contributed by atoms with Gasteiger partial charge in [-0.05, 0) is 44.4 Å². The Kier molecular flexibility index (Phi) is 4.44. The van der Waals surface area contributed by atoms with Crippen LogP contribution in [0.25, 0.3) is 0 Å². The van der Waals surface area contributed by atoms with Gasteiger partial charge in [0.15, 0.2) is 0 Å². The van der Waals surface area contributed by atoms with Gasteiger partial charge in [0.2, 0.25) is 0 Å². The number of anilines is 1. The van der Waals surface area contributed by atoms with E-state index in [0.29, 0.717) is 31.2 Å². The van der Waals surface area contributed by atoms with Gasteiger partial charge in [0.1, 0.15) is 0 Å². The van der Waals surface area contributed by atoms with E-state index in [9.17, 15) is 8.42 Å². The molecular formula is C13H21N3O2S. The Morgan fingerprint density at radius 3 is 2.37 bits per heavy atom. The molecule has 6 heteroatoms. The normalized spacial score (nSPS) is 18.4. The third-order valence-corrected chi connectivity index (χ3v) is 5.08. The lowest BCUT2D eigenvalue weighted by atomic mass is 9.99. The lowest BCUT2D eigenvalue weighted by Gasteiger charge is -2.30. The fourth-order valence-electron chi connectivity index (χ4n) is 2.22. The maximum atomic E-state index is 12.2. The van der Waals surface area contributed by atoms with Crippen LogP contribution in [0.1, 0.15) is 18.4 Å². The zero-order chi connectivity index (χ0) is 13.9. The van der Waals surface area contributed by atoms with Crippen molar-refractivity contribution in [2.45, 2.75) is 19.8 Å². The number of benzene rings is 1. The molecule has 3 N–H and O–H groups in total. The van der Waals surface area contributed by atoms with E-state index < -0.39 is 10.2 Å². The summed E-state index contributed by atoms with van der Waals surface area (Å²) in [4.78, 5) is 0. The maximum Gasteiger partial charge on any atom is 0.301 e. The van der Waals surface area contributed by atoms with Crippen LogP contribution < -0.4 is 10.5 Å². The minimum Gasteiger partial charge on any atom is -0.330 e. The van der Waals surface area contributed by atoms with Crippen molar-refractivity contribution in [3.05, 3.63) is 29.8 Å². The summed E-state index contributed by atoms with van der Waals surface area (Å²) in [5.41, 5.74) is 7.32. The van der Waals surface area contributed by atoms with Crippen LogP contribution >= 0.6 is 0 Å². The first kappa shape index (κ1) is 14.3. The van der Waals surface area contributed by atoms with Crippen LogP contribution in [-0.2, 0) is 10.2 Å². The molecule has 19 heavy (non-hydrogen) atoms. The second-order valence-corrected chi connectivity index (χ2v) is 6.72. The first-order valence-corrected chi connectivity index (χ1v) is 8.00. The first-order valence-electron chi connectivity index (χ1n) is 6.56. The summed E-state index contributed by atoms with van der Waals surface area (Å²) in [5, 5.41) is 0. The summed E-state index contributed by atoms with van der Waals surface area (Å²) >= 11 is 0. The molecule has 0 aromatic heterocycles. The number of nitrogens with one attached hydrogen (secondary N) is 1. The van der Waals surface area contributed by atoms with E-state index in [-0.39, 0.29) is 0 Å². The van der Waals surface area contributed by atoms with Crippen molar-refractivity contribution in [3.63, 3.8) is 0 Å². The van der Waals surface area contributed by atoms with Gasteiger partial charge < -0.3 is 5.73 Å². The number of piperidine rings is 1. The minimum absolute atomic E-state index is 0.450. The molecule has 0 amide bonds. The molecular weight excluding hydrogens is 262 g/mol. The van der Waals surface area contributed by atoms with E-state index in [1.54, 1.807) is 12.1 Å². The Labute approximate surface area is 115 Å². The molecule has 2 rings (SSSR count). The number of rotatable bonds is 4. The van der Waals surface area contributed by atoms with Gasteiger partial charge in [0.25, 0.3) is 0 Å². The summed E-state index contributed by atoms with van der Waals surface area (Å²) in [6.45, 7) is 3.70. The van der Waals surface area contributed by atoms with Gasteiger partial charge in [-0.15, -0.1) is 0 Å². The van der Waals surface area contributed by atoms with E-state index in [0.717, 1.165) is 18.4 Å². The lowest BCUT2D eigenvalue weighted by molar-refractivity contribution is 0.280. The van der Waals surface area contributed by atoms with Gasteiger partial charge in [-0.2, -0.15) is 12.7 Å². The van der Waals surface area contributed by atoms with Crippen LogP contribution in [0.15, 0.2) is 24.3 Å². The first-order chi connectivity index (χ1) is 9.01. The van der Waals surface area contributed by atoms with Gasteiger partial charge in [-0.1, -0.05) is 17.7 Å². The van der Waals surface area contributed by atoms with Crippen LogP contribution in [0.5, 0.6) is 0 Å². The summed E-state index contributed by atoms with van der Waals surface area (Å²) in [5.74, 6) is 0.450. The fraction of sp³-hybridized carbons (Fsp3) is 0.538. The van der Waals surface area contributed by atoms with Gasteiger partial charge in [0.05, 0.1) is 0 Å². The highest BCUT2D eigenvalue weighted by molar-refractivity contribution is 7.90. The molecule has 106 valence electrons. The lowest BCUT2D eigenvalue weighted by Crippen LogP contribution is -2.42. The minimum atomic E-state index is -3.44. The zero-order valence-electron chi connectivity index (χ0n) is 11.2. The molecule has 0 bridgehead atoms. The Balaban J connectivity index is 2.01. The van der Waals surface area contributed by atoms with E-state index in [1.165, 1.54) is 4.31 Å². The van der Waals surface area contributed by atoms with Crippen LogP contribution in [-0.4, -0.2) is 32.4 Å². The zero-order valence-corrected chi connectivity index (χ0v) is 12.0. The van der Waals surface area contributed by atoms with E-state index in [2.05, 4.69) is 4.72 Å². The van der Waals surface area contributed by atoms with E-state index >= 15 is 0 Å². The number of hydrogen-bond donors (Lipinski definition) is 2. The standard InChI is InChI=1S/C13H21N3O2S/c1-11-2-4-13(5-3-11)15-19(17,18)16-8-6-12(10-14)7-9-16/h2-5,12,15H,6-10,14H2,1H3. The van der Waals surface area contributed by atoms with E-state index in [4.69, 9.17) is 5.73 Å². The molecule has 1 aromatic carbocycles. The van der Waals surface area contributed by atoms with Crippen molar-refractivity contribution < 1.29 is 8.42 Å². The number of nitrogens with two attached hydrogens (primary N) is 1. The summed E-state index contributed by atoms with van der Waals surface area (Å²) in [6, 6.07) is 7.33. The SMILES string of the molecule is Cc1ccc(NS(=O)(=O)N2CCC(CN)CC2)cc1. The molecule has 1 aromatic rings. The Hall–Kier alpha value is -1.11. The average Bonchev–Trinajstić information content (AvgIpc) is 2.41. The molecule has 0 atom stereocenters. The van der Waals surface area contributed by atoms with Crippen molar-refractivity contribution in [2.24, 2.45) is 11.7 Å².